The highest BCUT2D eigenvalue weighted by Crippen LogP contribution is 2.10. The second-order valence-corrected chi connectivity index (χ2v) is 7.34. The van der Waals surface area contributed by atoms with Gasteiger partial charge in [0.1, 0.15) is 12.2 Å². The normalized spacial score (nSPS) is 13.4. The third kappa shape index (κ3) is 12.1. The van der Waals surface area contributed by atoms with E-state index in [4.69, 9.17) is 23.7 Å². The second-order valence-electron chi connectivity index (χ2n) is 7.34. The molecule has 2 atom stereocenters. The zero-order valence-electron chi connectivity index (χ0n) is 17.9. The number of benzene rings is 1. The summed E-state index contributed by atoms with van der Waals surface area (Å²) in [7, 11) is 1.46. The van der Waals surface area contributed by atoms with Crippen LogP contribution in [0.25, 0.3) is 0 Å². The fourth-order valence-corrected chi connectivity index (χ4v) is 2.29. The van der Waals surface area contributed by atoms with Crippen LogP contribution in [0.15, 0.2) is 30.3 Å². The maximum Gasteiger partial charge on any atom is 0.407 e. The van der Waals surface area contributed by atoms with Crippen molar-refractivity contribution in [1.29, 1.82) is 0 Å². The van der Waals surface area contributed by atoms with Crippen molar-refractivity contribution in [2.45, 2.75) is 65.3 Å². The van der Waals surface area contributed by atoms with Gasteiger partial charge in [-0.05, 0) is 39.7 Å². The Kier molecular flexibility index (Phi) is 11.3. The van der Waals surface area contributed by atoms with Gasteiger partial charge in [-0.2, -0.15) is 0 Å². The van der Waals surface area contributed by atoms with Crippen LogP contribution in [0.4, 0.5) is 4.79 Å². The lowest BCUT2D eigenvalue weighted by Gasteiger charge is -2.25. The minimum atomic E-state index is -0.854. The van der Waals surface area contributed by atoms with Gasteiger partial charge in [0, 0.05) is 20.1 Å². The Morgan fingerprint density at radius 2 is 1.79 bits per heavy atom. The summed E-state index contributed by atoms with van der Waals surface area (Å²) in [4.78, 5) is 24.2. The molecule has 1 rings (SSSR count). The van der Waals surface area contributed by atoms with Crippen molar-refractivity contribution < 1.29 is 33.3 Å². The maximum absolute atomic E-state index is 12.1. The number of nitrogens with one attached hydrogen (secondary N) is 1. The van der Waals surface area contributed by atoms with Crippen LogP contribution in [-0.4, -0.2) is 50.5 Å². The maximum atomic E-state index is 12.1. The van der Waals surface area contributed by atoms with E-state index in [-0.39, 0.29) is 25.6 Å². The number of rotatable bonds is 12. The van der Waals surface area contributed by atoms with Gasteiger partial charge < -0.3 is 29.0 Å². The standard InChI is InChI=1S/C21H33NO7/c1-6-26-20(25-5)28-15-17(22-19(24)29-21(2,3)4)12-13-18(23)27-14-16-10-8-7-9-11-16/h7-11,17,20H,6,12-15H2,1-5H3,(H,22,24)/t17-,20?/m0/s1. The third-order valence-corrected chi connectivity index (χ3v) is 3.59. The Balaban J connectivity index is 2.54. The molecule has 164 valence electrons. The zero-order chi connectivity index (χ0) is 21.7. The van der Waals surface area contributed by atoms with Crippen LogP contribution in [0.1, 0.15) is 46.1 Å². The Bertz CT molecular complexity index is 601. The molecule has 0 fully saturated rings. The van der Waals surface area contributed by atoms with Gasteiger partial charge in [0.15, 0.2) is 0 Å². The molecule has 0 saturated carbocycles. The summed E-state index contributed by atoms with van der Waals surface area (Å²) in [6, 6.07) is 8.94. The van der Waals surface area contributed by atoms with Crippen molar-refractivity contribution in [2.75, 3.05) is 20.3 Å². The van der Waals surface area contributed by atoms with E-state index in [1.54, 1.807) is 20.8 Å². The largest absolute Gasteiger partial charge is 0.461 e. The van der Waals surface area contributed by atoms with E-state index < -0.39 is 24.2 Å². The van der Waals surface area contributed by atoms with E-state index in [1.165, 1.54) is 7.11 Å². The number of carbonyl (C=O) groups excluding carboxylic acids is 2. The number of amides is 1. The number of carbonyl (C=O) groups is 2. The molecular formula is C21H33NO7. The summed E-state index contributed by atoms with van der Waals surface area (Å²) in [5.41, 5.74) is 0.275. The molecule has 8 heteroatoms. The number of esters is 1. The van der Waals surface area contributed by atoms with Crippen LogP contribution in [-0.2, 0) is 35.1 Å². The SMILES string of the molecule is CCOC(OC)OC[C@H](CCC(=O)OCc1ccccc1)NC(=O)OC(C)(C)C. The first-order valence-electron chi connectivity index (χ1n) is 9.68. The van der Waals surface area contributed by atoms with Crippen molar-refractivity contribution in [3.8, 4) is 0 Å². The molecule has 1 aromatic carbocycles. The molecule has 0 aliphatic carbocycles. The lowest BCUT2D eigenvalue weighted by atomic mass is 10.1. The summed E-state index contributed by atoms with van der Waals surface area (Å²) in [5, 5.41) is 2.72. The topological polar surface area (TPSA) is 92.3 Å². The summed E-state index contributed by atoms with van der Waals surface area (Å²) in [6.45, 7) is 6.98. The van der Waals surface area contributed by atoms with E-state index in [1.807, 2.05) is 37.3 Å². The highest BCUT2D eigenvalue weighted by Gasteiger charge is 2.22. The number of methoxy groups -OCH3 is 1. The highest BCUT2D eigenvalue weighted by atomic mass is 16.8. The van der Waals surface area contributed by atoms with Gasteiger partial charge in [-0.3, -0.25) is 4.79 Å². The van der Waals surface area contributed by atoms with Gasteiger partial charge in [0.25, 0.3) is 6.48 Å². The van der Waals surface area contributed by atoms with Crippen molar-refractivity contribution in [2.24, 2.45) is 0 Å². The fourth-order valence-electron chi connectivity index (χ4n) is 2.29. The molecule has 29 heavy (non-hydrogen) atoms. The molecule has 0 aliphatic rings. The second kappa shape index (κ2) is 13.1. The molecule has 1 unspecified atom stereocenters. The molecule has 0 aromatic heterocycles. The van der Waals surface area contributed by atoms with Gasteiger partial charge in [-0.25, -0.2) is 4.79 Å². The average molecular weight is 411 g/mol. The van der Waals surface area contributed by atoms with Crippen LogP contribution in [0, 0.1) is 0 Å². The van der Waals surface area contributed by atoms with Crippen molar-refractivity contribution in [3.63, 3.8) is 0 Å². The van der Waals surface area contributed by atoms with E-state index in [9.17, 15) is 9.59 Å². The molecule has 1 N–H and O–H groups in total. The van der Waals surface area contributed by atoms with Crippen molar-refractivity contribution >= 4 is 12.1 Å². The van der Waals surface area contributed by atoms with Gasteiger partial charge in [0.2, 0.25) is 0 Å². The number of hydrogen-bond donors (Lipinski definition) is 1. The van der Waals surface area contributed by atoms with Crippen LogP contribution < -0.4 is 5.32 Å². The van der Waals surface area contributed by atoms with Crippen molar-refractivity contribution in [3.05, 3.63) is 35.9 Å². The van der Waals surface area contributed by atoms with Gasteiger partial charge in [-0.15, -0.1) is 0 Å². The van der Waals surface area contributed by atoms with Crippen LogP contribution >= 0.6 is 0 Å². The molecule has 0 saturated heterocycles. The summed E-state index contributed by atoms with van der Waals surface area (Å²) >= 11 is 0. The number of alkyl carbamates (subject to hydrolysis) is 1. The van der Waals surface area contributed by atoms with E-state index in [2.05, 4.69) is 5.32 Å². The van der Waals surface area contributed by atoms with Gasteiger partial charge in [-0.1, -0.05) is 30.3 Å². The quantitative estimate of drug-likeness (QED) is 0.416. The zero-order valence-corrected chi connectivity index (χ0v) is 17.9. The van der Waals surface area contributed by atoms with Gasteiger partial charge >= 0.3 is 12.1 Å². The van der Waals surface area contributed by atoms with Gasteiger partial charge in [0.05, 0.1) is 12.6 Å². The number of hydrogen-bond acceptors (Lipinski definition) is 7. The lowest BCUT2D eigenvalue weighted by molar-refractivity contribution is -0.277. The first-order valence-corrected chi connectivity index (χ1v) is 9.68. The summed E-state index contributed by atoms with van der Waals surface area (Å²) < 4.78 is 26.4. The Labute approximate surface area is 172 Å². The Morgan fingerprint density at radius 3 is 2.38 bits per heavy atom. The predicted octanol–water partition coefficient (Wildman–Crippen LogP) is 3.39. The van der Waals surface area contributed by atoms with Crippen LogP contribution in [0.5, 0.6) is 0 Å². The van der Waals surface area contributed by atoms with Crippen molar-refractivity contribution in [1.82, 2.24) is 5.32 Å². The molecule has 1 aromatic rings. The Hall–Kier alpha value is -2.16. The predicted molar refractivity (Wildman–Crippen MR) is 107 cm³/mol. The third-order valence-electron chi connectivity index (χ3n) is 3.59. The smallest absolute Gasteiger partial charge is 0.407 e. The molecule has 8 nitrogen and oxygen atoms in total. The van der Waals surface area contributed by atoms with E-state index in [0.717, 1.165) is 5.56 Å². The van der Waals surface area contributed by atoms with Crippen LogP contribution in [0.2, 0.25) is 0 Å². The molecule has 0 bridgehead atoms. The fraction of sp³-hybridized carbons (Fsp3) is 0.619. The van der Waals surface area contributed by atoms with E-state index >= 15 is 0 Å². The highest BCUT2D eigenvalue weighted by molar-refractivity contribution is 5.70. The minimum Gasteiger partial charge on any atom is -0.461 e. The minimum absolute atomic E-state index is 0.0870. The average Bonchev–Trinajstić information content (AvgIpc) is 2.66. The molecule has 0 spiro atoms. The summed E-state index contributed by atoms with van der Waals surface area (Å²) in [5.74, 6) is -0.363. The molecule has 1 amide bonds. The molecule has 0 radical (unpaired) electrons. The molecular weight excluding hydrogens is 378 g/mol. The first kappa shape index (κ1) is 24.9. The summed E-state index contributed by atoms with van der Waals surface area (Å²) in [6.07, 6.45) is -0.160. The first-order chi connectivity index (χ1) is 13.7. The molecule has 0 aliphatic heterocycles. The molecule has 0 heterocycles. The van der Waals surface area contributed by atoms with Crippen LogP contribution in [0.3, 0.4) is 0 Å². The number of ether oxygens (including phenoxy) is 5. The Morgan fingerprint density at radius 1 is 1.10 bits per heavy atom. The van der Waals surface area contributed by atoms with E-state index in [0.29, 0.717) is 13.0 Å². The monoisotopic (exact) mass is 411 g/mol. The lowest BCUT2D eigenvalue weighted by Crippen LogP contribution is -2.42.